The molecule has 0 radical (unpaired) electrons. The molecule has 0 amide bonds. The van der Waals surface area contributed by atoms with Crippen LogP contribution in [0.3, 0.4) is 0 Å². The highest BCUT2D eigenvalue weighted by Crippen LogP contribution is 2.36. The first-order valence-electron chi connectivity index (χ1n) is 5.49. The van der Waals surface area contributed by atoms with E-state index in [9.17, 15) is 0 Å². The minimum absolute atomic E-state index is 0.939. The van der Waals surface area contributed by atoms with Gasteiger partial charge in [0.05, 0.1) is 0 Å². The van der Waals surface area contributed by atoms with Crippen LogP contribution in [0.2, 0.25) is 0 Å². The van der Waals surface area contributed by atoms with Crippen LogP contribution in [0, 0.1) is 5.92 Å². The number of piperidine rings is 1. The van der Waals surface area contributed by atoms with Gasteiger partial charge in [-0.15, -0.1) is 0 Å². The van der Waals surface area contributed by atoms with Gasteiger partial charge in [0.15, 0.2) is 0 Å². The Balaban J connectivity index is 0.000000336. The Bertz CT molecular complexity index is 119. The van der Waals surface area contributed by atoms with Gasteiger partial charge in [0.25, 0.3) is 0 Å². The quantitative estimate of drug-likeness (QED) is 0.539. The predicted molar refractivity (Wildman–Crippen MR) is 54.3 cm³/mol. The van der Waals surface area contributed by atoms with Crippen LogP contribution < -0.4 is 0 Å². The van der Waals surface area contributed by atoms with Crippen molar-refractivity contribution in [3.63, 3.8) is 0 Å². The summed E-state index contributed by atoms with van der Waals surface area (Å²) in [5.41, 5.74) is 0. The van der Waals surface area contributed by atoms with Crippen molar-refractivity contribution in [2.45, 2.75) is 58.5 Å². The first-order valence-corrected chi connectivity index (χ1v) is 5.49. The van der Waals surface area contributed by atoms with Crippen molar-refractivity contribution in [2.75, 3.05) is 7.05 Å². The maximum Gasteiger partial charge on any atom is 0.00982 e. The largest absolute Gasteiger partial charge is 0.300 e. The summed E-state index contributed by atoms with van der Waals surface area (Å²) in [4.78, 5) is 2.60. The Kier molecular flexibility index (Phi) is 3.57. The molecule has 72 valence electrons. The molecule has 12 heavy (non-hydrogen) atoms. The third-order valence-corrected chi connectivity index (χ3v) is 3.33. The second kappa shape index (κ2) is 4.27. The molecule has 2 heterocycles. The first kappa shape index (κ1) is 10.0. The second-order valence-corrected chi connectivity index (χ2v) is 4.13. The van der Waals surface area contributed by atoms with Crippen LogP contribution in [0.25, 0.3) is 0 Å². The van der Waals surface area contributed by atoms with E-state index in [1.807, 2.05) is 13.8 Å². The Morgan fingerprint density at radius 2 is 1.42 bits per heavy atom. The van der Waals surface area contributed by atoms with Crippen LogP contribution >= 0.6 is 0 Å². The third-order valence-electron chi connectivity index (χ3n) is 3.33. The number of hydrogen-bond acceptors (Lipinski definition) is 1. The van der Waals surface area contributed by atoms with E-state index in [0.29, 0.717) is 0 Å². The van der Waals surface area contributed by atoms with Crippen molar-refractivity contribution in [1.29, 1.82) is 0 Å². The molecule has 2 bridgehead atoms. The molecule has 0 spiro atoms. The molecular weight excluding hydrogens is 146 g/mol. The molecule has 2 aliphatic rings. The van der Waals surface area contributed by atoms with Gasteiger partial charge in [0.1, 0.15) is 0 Å². The van der Waals surface area contributed by atoms with Crippen LogP contribution in [0.4, 0.5) is 0 Å². The van der Waals surface area contributed by atoms with Crippen LogP contribution in [-0.2, 0) is 0 Å². The Hall–Kier alpha value is -0.0400. The van der Waals surface area contributed by atoms with Crippen molar-refractivity contribution >= 4 is 0 Å². The molecule has 0 aromatic heterocycles. The van der Waals surface area contributed by atoms with Crippen molar-refractivity contribution in [1.82, 2.24) is 4.90 Å². The molecule has 2 saturated heterocycles. The molecule has 0 aromatic carbocycles. The van der Waals surface area contributed by atoms with Crippen LogP contribution in [-0.4, -0.2) is 24.0 Å². The molecule has 2 aliphatic heterocycles. The average Bonchev–Trinajstić information content (AvgIpc) is 2.35. The summed E-state index contributed by atoms with van der Waals surface area (Å²) in [5.74, 6) is 0.994. The summed E-state index contributed by atoms with van der Waals surface area (Å²) in [7, 11) is 2.30. The lowest BCUT2D eigenvalue weighted by Crippen LogP contribution is -2.39. The monoisotopic (exact) mass is 169 g/mol. The fraction of sp³-hybridized carbons (Fsp3) is 1.00. The predicted octanol–water partition coefficient (Wildman–Crippen LogP) is 2.91. The van der Waals surface area contributed by atoms with Gasteiger partial charge in [-0.25, -0.2) is 0 Å². The lowest BCUT2D eigenvalue weighted by Gasteiger charge is -2.34. The summed E-state index contributed by atoms with van der Waals surface area (Å²) in [6.45, 7) is 6.40. The summed E-state index contributed by atoms with van der Waals surface area (Å²) in [5, 5.41) is 0. The van der Waals surface area contributed by atoms with Crippen LogP contribution in [0.5, 0.6) is 0 Å². The SMILES string of the molecule is CC.CC1CC2CCC(C1)N2C. The maximum atomic E-state index is 2.60. The number of fused-ring (bicyclic) bond motifs is 2. The van der Waals surface area contributed by atoms with Crippen molar-refractivity contribution in [3.05, 3.63) is 0 Å². The van der Waals surface area contributed by atoms with Gasteiger partial charge >= 0.3 is 0 Å². The summed E-state index contributed by atoms with van der Waals surface area (Å²) in [6.07, 6.45) is 5.83. The van der Waals surface area contributed by atoms with Gasteiger partial charge in [-0.05, 0) is 38.6 Å². The average molecular weight is 169 g/mol. The molecule has 2 fully saturated rings. The Morgan fingerprint density at radius 3 is 1.83 bits per heavy atom. The zero-order chi connectivity index (χ0) is 9.14. The van der Waals surface area contributed by atoms with Crippen LogP contribution in [0.15, 0.2) is 0 Å². The number of nitrogens with zero attached hydrogens (tertiary/aromatic N) is 1. The highest BCUT2D eigenvalue weighted by molar-refractivity contribution is 4.91. The van der Waals surface area contributed by atoms with E-state index in [2.05, 4.69) is 18.9 Å². The van der Waals surface area contributed by atoms with Gasteiger partial charge < -0.3 is 4.90 Å². The highest BCUT2D eigenvalue weighted by atomic mass is 15.2. The Morgan fingerprint density at radius 1 is 1.00 bits per heavy atom. The van der Waals surface area contributed by atoms with E-state index >= 15 is 0 Å². The van der Waals surface area contributed by atoms with Crippen molar-refractivity contribution in [3.8, 4) is 0 Å². The van der Waals surface area contributed by atoms with Gasteiger partial charge in [0, 0.05) is 12.1 Å². The van der Waals surface area contributed by atoms with Crippen molar-refractivity contribution < 1.29 is 0 Å². The fourth-order valence-corrected chi connectivity index (χ4v) is 2.68. The minimum atomic E-state index is 0.939. The lowest BCUT2D eigenvalue weighted by atomic mass is 9.93. The van der Waals surface area contributed by atoms with E-state index in [4.69, 9.17) is 0 Å². The molecule has 1 nitrogen and oxygen atoms in total. The molecule has 0 aromatic rings. The molecule has 0 aliphatic carbocycles. The van der Waals surface area contributed by atoms with Gasteiger partial charge in [0.2, 0.25) is 0 Å². The molecule has 2 rings (SSSR count). The zero-order valence-corrected chi connectivity index (χ0v) is 9.01. The smallest absolute Gasteiger partial charge is 0.00982 e. The van der Waals surface area contributed by atoms with Gasteiger partial charge in [-0.2, -0.15) is 0 Å². The zero-order valence-electron chi connectivity index (χ0n) is 9.01. The van der Waals surface area contributed by atoms with E-state index < -0.39 is 0 Å². The topological polar surface area (TPSA) is 3.24 Å². The molecule has 0 N–H and O–H groups in total. The lowest BCUT2D eigenvalue weighted by molar-refractivity contribution is 0.142. The molecular formula is C11H23N. The van der Waals surface area contributed by atoms with E-state index in [-0.39, 0.29) is 0 Å². The summed E-state index contributed by atoms with van der Waals surface area (Å²) >= 11 is 0. The number of rotatable bonds is 0. The fourth-order valence-electron chi connectivity index (χ4n) is 2.68. The van der Waals surface area contributed by atoms with E-state index in [1.54, 1.807) is 0 Å². The normalized spacial score (nSPS) is 40.5. The molecule has 2 atom stereocenters. The molecule has 0 saturated carbocycles. The van der Waals surface area contributed by atoms with Crippen LogP contribution in [0.1, 0.15) is 46.5 Å². The second-order valence-electron chi connectivity index (χ2n) is 4.13. The third kappa shape index (κ3) is 1.82. The van der Waals surface area contributed by atoms with E-state index in [1.165, 1.54) is 25.7 Å². The highest BCUT2D eigenvalue weighted by Gasteiger charge is 2.36. The molecule has 2 unspecified atom stereocenters. The van der Waals surface area contributed by atoms with Gasteiger partial charge in [-0.1, -0.05) is 20.8 Å². The number of hydrogen-bond donors (Lipinski definition) is 0. The maximum absolute atomic E-state index is 2.60. The Labute approximate surface area is 77.1 Å². The molecule has 1 heteroatoms. The summed E-state index contributed by atoms with van der Waals surface area (Å²) < 4.78 is 0. The first-order chi connectivity index (χ1) is 5.77. The van der Waals surface area contributed by atoms with Gasteiger partial charge in [-0.3, -0.25) is 0 Å². The summed E-state index contributed by atoms with van der Waals surface area (Å²) in [6, 6.07) is 1.88. The standard InChI is InChI=1S/C9H17N.C2H6/c1-7-5-8-3-4-9(6-7)10(8)2;1-2/h7-9H,3-6H2,1-2H3;1-2H3. The van der Waals surface area contributed by atoms with E-state index in [0.717, 1.165) is 18.0 Å². The minimum Gasteiger partial charge on any atom is -0.300 e. The van der Waals surface area contributed by atoms with Crippen molar-refractivity contribution in [2.24, 2.45) is 5.92 Å².